The number of aromatic nitrogens is 1. The predicted molar refractivity (Wildman–Crippen MR) is 86.2 cm³/mol. The topological polar surface area (TPSA) is 66.0 Å². The molecule has 1 amide bonds. The maximum atomic E-state index is 11.9. The number of hydrogen-bond donors (Lipinski definition) is 3. The zero-order valence-corrected chi connectivity index (χ0v) is 13.3. The van der Waals surface area contributed by atoms with Crippen LogP contribution in [0.5, 0.6) is 0 Å². The van der Waals surface area contributed by atoms with Crippen LogP contribution in [0.1, 0.15) is 27.2 Å². The average molecular weight is 304 g/mol. The van der Waals surface area contributed by atoms with E-state index in [9.17, 15) is 4.79 Å². The van der Waals surface area contributed by atoms with Crippen molar-refractivity contribution in [1.29, 1.82) is 0 Å². The van der Waals surface area contributed by atoms with Crippen LogP contribution in [-0.2, 0) is 4.79 Å². The Morgan fingerprint density at radius 3 is 2.81 bits per heavy atom. The van der Waals surface area contributed by atoms with Crippen molar-refractivity contribution in [3.63, 3.8) is 0 Å². The van der Waals surface area contributed by atoms with Crippen LogP contribution >= 0.6 is 11.3 Å². The summed E-state index contributed by atoms with van der Waals surface area (Å²) in [5.41, 5.74) is 1.00. The molecular formula is C15H20N4OS. The first-order chi connectivity index (χ1) is 9.91. The highest BCUT2D eigenvalue weighted by atomic mass is 32.1. The van der Waals surface area contributed by atoms with E-state index in [0.717, 1.165) is 15.3 Å². The minimum Gasteiger partial charge on any atom is -0.329 e. The third kappa shape index (κ3) is 3.16. The van der Waals surface area contributed by atoms with Crippen LogP contribution in [0.15, 0.2) is 24.3 Å². The van der Waals surface area contributed by atoms with Gasteiger partial charge in [0.2, 0.25) is 5.91 Å². The molecule has 1 aliphatic rings. The van der Waals surface area contributed by atoms with Crippen LogP contribution in [0.2, 0.25) is 0 Å². The lowest BCUT2D eigenvalue weighted by atomic mass is 9.84. The Kier molecular flexibility index (Phi) is 3.59. The van der Waals surface area contributed by atoms with Crippen molar-refractivity contribution >= 4 is 32.6 Å². The van der Waals surface area contributed by atoms with E-state index in [1.165, 1.54) is 0 Å². The lowest BCUT2D eigenvalue weighted by Crippen LogP contribution is -2.62. The minimum absolute atomic E-state index is 0.0330. The van der Waals surface area contributed by atoms with E-state index in [-0.39, 0.29) is 23.7 Å². The fraction of sp³-hybridized carbons (Fsp3) is 0.467. The molecule has 1 aromatic carbocycles. The molecule has 2 atom stereocenters. The van der Waals surface area contributed by atoms with Crippen LogP contribution in [0.25, 0.3) is 10.2 Å². The summed E-state index contributed by atoms with van der Waals surface area (Å²) >= 11 is 1.59. The summed E-state index contributed by atoms with van der Waals surface area (Å²) < 4.78 is 1.13. The summed E-state index contributed by atoms with van der Waals surface area (Å²) in [5.74, 6) is 0.0623. The summed E-state index contributed by atoms with van der Waals surface area (Å²) in [6.45, 7) is 6.41. The third-order valence-electron chi connectivity index (χ3n) is 3.67. The SMILES string of the molecule is CC(C)(C)C1CC(=O)NC(Nc2nc3ccccc3s2)N1. The third-order valence-corrected chi connectivity index (χ3v) is 4.64. The van der Waals surface area contributed by atoms with Crippen molar-refractivity contribution in [3.8, 4) is 0 Å². The first-order valence-corrected chi connectivity index (χ1v) is 7.91. The van der Waals surface area contributed by atoms with Gasteiger partial charge in [0.15, 0.2) is 11.4 Å². The molecule has 6 heteroatoms. The molecule has 3 rings (SSSR count). The van der Waals surface area contributed by atoms with Gasteiger partial charge in [-0.3, -0.25) is 10.1 Å². The van der Waals surface area contributed by atoms with Gasteiger partial charge in [-0.2, -0.15) is 0 Å². The number of para-hydroxylation sites is 1. The standard InChI is InChI=1S/C15H20N4OS/c1-15(2,3)11-8-12(20)18-13(17-11)19-14-16-9-6-4-5-7-10(9)21-14/h4-7,11,13,17H,8H2,1-3H3,(H,16,19)(H,18,20). The molecule has 0 saturated carbocycles. The quantitative estimate of drug-likeness (QED) is 0.797. The molecule has 5 nitrogen and oxygen atoms in total. The fourth-order valence-electron chi connectivity index (χ4n) is 2.40. The van der Waals surface area contributed by atoms with Gasteiger partial charge >= 0.3 is 0 Å². The zero-order valence-electron chi connectivity index (χ0n) is 12.4. The number of hydrogen-bond acceptors (Lipinski definition) is 5. The molecular weight excluding hydrogens is 284 g/mol. The molecule has 1 aromatic heterocycles. The molecule has 1 aliphatic heterocycles. The summed E-state index contributed by atoms with van der Waals surface area (Å²) in [6, 6.07) is 8.14. The van der Waals surface area contributed by atoms with Crippen LogP contribution in [0.4, 0.5) is 5.13 Å². The van der Waals surface area contributed by atoms with Crippen LogP contribution in [-0.4, -0.2) is 23.2 Å². The number of nitrogens with zero attached hydrogens (tertiary/aromatic N) is 1. The zero-order chi connectivity index (χ0) is 15.0. The van der Waals surface area contributed by atoms with Crippen LogP contribution in [0.3, 0.4) is 0 Å². The first-order valence-electron chi connectivity index (χ1n) is 7.09. The monoisotopic (exact) mass is 304 g/mol. The Hall–Kier alpha value is -1.66. The number of benzene rings is 1. The number of anilines is 1. The number of thiazole rings is 1. The fourth-order valence-corrected chi connectivity index (χ4v) is 3.29. The highest BCUT2D eigenvalue weighted by Crippen LogP contribution is 2.27. The number of fused-ring (bicyclic) bond motifs is 1. The smallest absolute Gasteiger partial charge is 0.224 e. The normalized spacial score (nSPS) is 23.1. The maximum absolute atomic E-state index is 11.9. The van der Waals surface area contributed by atoms with Gasteiger partial charge in [0.1, 0.15) is 0 Å². The number of carbonyl (C=O) groups is 1. The Morgan fingerprint density at radius 2 is 2.10 bits per heavy atom. The molecule has 112 valence electrons. The molecule has 1 fully saturated rings. The highest BCUT2D eigenvalue weighted by Gasteiger charge is 2.33. The van der Waals surface area contributed by atoms with E-state index in [0.29, 0.717) is 6.42 Å². The molecule has 0 aliphatic carbocycles. The molecule has 2 unspecified atom stereocenters. The van der Waals surface area contributed by atoms with Gasteiger partial charge in [0.25, 0.3) is 0 Å². The van der Waals surface area contributed by atoms with Crippen molar-refractivity contribution in [2.75, 3.05) is 5.32 Å². The van der Waals surface area contributed by atoms with Crippen molar-refractivity contribution < 1.29 is 4.79 Å². The van der Waals surface area contributed by atoms with Crippen LogP contribution in [0, 0.1) is 5.41 Å². The predicted octanol–water partition coefficient (Wildman–Crippen LogP) is 2.52. The minimum atomic E-state index is -0.281. The Balaban J connectivity index is 1.75. The number of amides is 1. The van der Waals surface area contributed by atoms with Crippen molar-refractivity contribution in [2.45, 2.75) is 39.5 Å². The summed E-state index contributed by atoms with van der Waals surface area (Å²) in [6.07, 6.45) is 0.220. The molecule has 21 heavy (non-hydrogen) atoms. The van der Waals surface area contributed by atoms with Gasteiger partial charge in [0, 0.05) is 12.5 Å². The summed E-state index contributed by atoms with van der Waals surface area (Å²) in [4.78, 5) is 16.4. The first kappa shape index (κ1) is 14.3. The molecule has 0 radical (unpaired) electrons. The van der Waals surface area contributed by atoms with Crippen molar-refractivity contribution in [3.05, 3.63) is 24.3 Å². The molecule has 3 N–H and O–H groups in total. The second-order valence-electron chi connectivity index (χ2n) is 6.42. The largest absolute Gasteiger partial charge is 0.329 e. The number of rotatable bonds is 2. The Labute approximate surface area is 128 Å². The Bertz CT molecular complexity index is 628. The summed E-state index contributed by atoms with van der Waals surface area (Å²) in [5, 5.41) is 10.4. The van der Waals surface area contributed by atoms with Gasteiger partial charge in [-0.05, 0) is 17.5 Å². The maximum Gasteiger partial charge on any atom is 0.224 e. The van der Waals surface area contributed by atoms with Crippen molar-refractivity contribution in [2.24, 2.45) is 5.41 Å². The number of nitrogens with one attached hydrogen (secondary N) is 3. The molecule has 2 aromatic rings. The molecule has 1 saturated heterocycles. The van der Waals surface area contributed by atoms with Gasteiger partial charge in [-0.15, -0.1) is 0 Å². The van der Waals surface area contributed by atoms with Gasteiger partial charge < -0.3 is 10.6 Å². The van der Waals surface area contributed by atoms with Gasteiger partial charge in [-0.1, -0.05) is 44.2 Å². The average Bonchev–Trinajstić information content (AvgIpc) is 2.79. The lowest BCUT2D eigenvalue weighted by molar-refractivity contribution is -0.125. The van der Waals surface area contributed by atoms with E-state index >= 15 is 0 Å². The second kappa shape index (κ2) is 5.27. The summed E-state index contributed by atoms with van der Waals surface area (Å²) in [7, 11) is 0. The van der Waals surface area contributed by atoms with Crippen molar-refractivity contribution in [1.82, 2.24) is 15.6 Å². The molecule has 0 bridgehead atoms. The van der Waals surface area contributed by atoms with E-state index in [1.54, 1.807) is 11.3 Å². The van der Waals surface area contributed by atoms with E-state index in [1.807, 2.05) is 24.3 Å². The highest BCUT2D eigenvalue weighted by molar-refractivity contribution is 7.22. The molecule has 2 heterocycles. The van der Waals surface area contributed by atoms with E-state index in [4.69, 9.17) is 0 Å². The van der Waals surface area contributed by atoms with Gasteiger partial charge in [0.05, 0.1) is 10.2 Å². The van der Waals surface area contributed by atoms with Gasteiger partial charge in [-0.25, -0.2) is 4.98 Å². The lowest BCUT2D eigenvalue weighted by Gasteiger charge is -2.39. The Morgan fingerprint density at radius 1 is 1.33 bits per heavy atom. The van der Waals surface area contributed by atoms with Crippen LogP contribution < -0.4 is 16.0 Å². The second-order valence-corrected chi connectivity index (χ2v) is 7.45. The van der Waals surface area contributed by atoms with E-state index < -0.39 is 0 Å². The van der Waals surface area contributed by atoms with E-state index in [2.05, 4.69) is 41.7 Å². The number of carbonyl (C=O) groups excluding carboxylic acids is 1. The molecule has 0 spiro atoms.